The van der Waals surface area contributed by atoms with Crippen molar-refractivity contribution in [1.82, 2.24) is 0 Å². The molecule has 0 amide bonds. The molecule has 8 nitrogen and oxygen atoms in total. The van der Waals surface area contributed by atoms with E-state index in [-0.39, 0.29) is 11.8 Å². The van der Waals surface area contributed by atoms with Crippen LogP contribution in [0.25, 0.3) is 176 Å². The predicted octanol–water partition coefficient (Wildman–Crippen LogP) is 28.8. The fraction of sp³-hybridized carbons (Fsp3) is 0.257. The molecule has 0 spiro atoms. The Morgan fingerprint density at radius 1 is 0.306 bits per heavy atom. The second-order valence-corrected chi connectivity index (χ2v) is 34.8. The topological polar surface area (TPSA) is 68.1 Å². The third kappa shape index (κ3) is 14.7. The maximum absolute atomic E-state index is 9.10. The maximum atomic E-state index is 9.10. The van der Waals surface area contributed by atoms with E-state index in [2.05, 4.69) is 274 Å². The SMILES string of the molecule is [2H]C([2H])(c1cc[n+](C)c(-c2cc3oc4c5ccccc5ccc4c3cc2C)c1)C(C)C.[2H]C([2H])(c1cc[n+](C)c(-c2cc3oc4c5ccccc5ccc4c3cc2C)c1)C1CCCC1.[2H]C1(c2cc[n+](C)c(-c3cc4oc5c6ccccc6ccc5c4cc3C)c2)CCCC1.[2H]C1(c2cc[n+](C)c(-c3cc4oc5c6ccccc6ccc5c4cc3C)c2)CCCCC1. The van der Waals surface area contributed by atoms with Gasteiger partial charge < -0.3 is 17.7 Å². The Bertz CT molecular complexity index is 7570. The van der Waals surface area contributed by atoms with Gasteiger partial charge in [0.1, 0.15) is 72.9 Å². The Kier molecular flexibility index (Phi) is 18.7. The molecule has 0 N–H and O–H groups in total. The van der Waals surface area contributed by atoms with Crippen molar-refractivity contribution in [3.05, 3.63) is 312 Å². The molecule has 121 heavy (non-hydrogen) atoms. The van der Waals surface area contributed by atoms with Gasteiger partial charge in [-0.15, -0.1) is 0 Å². The predicted molar refractivity (Wildman–Crippen MR) is 502 cm³/mol. The smallest absolute Gasteiger partial charge is 0.212 e. The van der Waals surface area contributed by atoms with E-state index < -0.39 is 24.5 Å². The van der Waals surface area contributed by atoms with Crippen LogP contribution in [0.4, 0.5) is 0 Å². The summed E-state index contributed by atoms with van der Waals surface area (Å²) in [6.45, 7) is 12.4. The van der Waals surface area contributed by atoms with Crippen LogP contribution in [0.5, 0.6) is 0 Å². The summed E-state index contributed by atoms with van der Waals surface area (Å²) in [5.74, 6) is -0.915. The lowest BCUT2D eigenvalue weighted by Crippen LogP contribution is -2.31. The van der Waals surface area contributed by atoms with Crippen LogP contribution < -0.4 is 18.3 Å². The van der Waals surface area contributed by atoms with E-state index in [1.807, 2.05) is 81.3 Å². The van der Waals surface area contributed by atoms with E-state index in [1.54, 1.807) is 0 Å². The molecule has 20 aromatic rings. The lowest BCUT2D eigenvalue weighted by Gasteiger charge is -2.21. The van der Waals surface area contributed by atoms with Crippen LogP contribution in [0.15, 0.2) is 285 Å². The number of nitrogens with zero attached hydrogens (tertiary/aromatic N) is 4. The Morgan fingerprint density at radius 2 is 0.595 bits per heavy atom. The summed E-state index contributed by atoms with van der Waals surface area (Å²) in [6, 6.07) is 84.8. The zero-order valence-corrected chi connectivity index (χ0v) is 71.2. The molecule has 0 unspecified atom stereocenters. The molecule has 3 saturated carbocycles. The zero-order valence-electron chi connectivity index (χ0n) is 77.2. The summed E-state index contributed by atoms with van der Waals surface area (Å²) in [7, 11) is 8.20. The first-order valence-corrected chi connectivity index (χ1v) is 43.7. The van der Waals surface area contributed by atoms with E-state index in [0.29, 0.717) is 5.56 Å². The average molecular weight is 1590 g/mol. The Labute approximate surface area is 717 Å². The molecule has 8 heterocycles. The highest BCUT2D eigenvalue weighted by molar-refractivity contribution is 6.19. The van der Waals surface area contributed by atoms with Crippen LogP contribution >= 0.6 is 0 Å². The summed E-state index contributed by atoms with van der Waals surface area (Å²) in [6.07, 6.45) is 19.3. The first kappa shape index (κ1) is 70.3. The number of hydrogen-bond donors (Lipinski definition) is 0. The van der Waals surface area contributed by atoms with E-state index in [9.17, 15) is 0 Å². The fourth-order valence-corrected chi connectivity index (χ4v) is 19.7. The first-order chi connectivity index (χ1) is 61.3. The van der Waals surface area contributed by atoms with Gasteiger partial charge in [-0.25, -0.2) is 18.3 Å². The second kappa shape index (κ2) is 32.2. The van der Waals surface area contributed by atoms with Crippen molar-refractivity contribution < 1.29 is 44.2 Å². The number of rotatable bonds is 10. The fourth-order valence-electron chi connectivity index (χ4n) is 19.7. The number of fused-ring (bicyclic) bond motifs is 20. The molecule has 0 saturated heterocycles. The molecular weight excluding hydrogens is 1480 g/mol. The molecule has 3 fully saturated rings. The summed E-state index contributed by atoms with van der Waals surface area (Å²) < 4.78 is 87.0. The van der Waals surface area contributed by atoms with Gasteiger partial charge >= 0.3 is 0 Å². The summed E-state index contributed by atoms with van der Waals surface area (Å²) in [5.41, 5.74) is 24.6. The van der Waals surface area contributed by atoms with Crippen molar-refractivity contribution in [2.24, 2.45) is 40.0 Å². The number of pyridine rings is 4. The van der Waals surface area contributed by atoms with Gasteiger partial charge in [-0.2, -0.15) is 0 Å². The van der Waals surface area contributed by atoms with Crippen molar-refractivity contribution in [2.45, 2.75) is 150 Å². The molecule has 0 bridgehead atoms. The van der Waals surface area contributed by atoms with Crippen LogP contribution in [0, 0.1) is 39.5 Å². The van der Waals surface area contributed by atoms with Crippen LogP contribution in [-0.2, 0) is 40.9 Å². The monoisotopic (exact) mass is 1590 g/mol. The molecule has 600 valence electrons. The quantitative estimate of drug-likeness (QED) is 0.128. The zero-order chi connectivity index (χ0) is 87.7. The van der Waals surface area contributed by atoms with Gasteiger partial charge in [0, 0.05) is 121 Å². The van der Waals surface area contributed by atoms with E-state index >= 15 is 0 Å². The lowest BCUT2D eigenvalue weighted by molar-refractivity contribution is -0.660. The molecule has 0 aliphatic heterocycles. The molecule has 8 heteroatoms. The molecular formula is C113H108N4O4+4. The second-order valence-electron chi connectivity index (χ2n) is 34.8. The first-order valence-electron chi connectivity index (χ1n) is 46.7. The number of furan rings is 4. The summed E-state index contributed by atoms with van der Waals surface area (Å²) in [4.78, 5) is 0. The maximum Gasteiger partial charge on any atom is 0.212 e. The molecule has 0 atom stereocenters. The van der Waals surface area contributed by atoms with Crippen LogP contribution in [0.3, 0.4) is 0 Å². The highest BCUT2D eigenvalue weighted by Gasteiger charge is 2.28. The Hall–Kier alpha value is -12.5. The van der Waals surface area contributed by atoms with Crippen LogP contribution in [0.2, 0.25) is 0 Å². The minimum absolute atomic E-state index is 0.102. The standard InChI is InChI=1S/2C29H28NO.C28H26NO.C27H26NO/c1-19-15-26-24-12-11-22-9-5-6-10-23(22)29(24)31-28(26)18-25(19)27-17-21(13-14-30(27)2)16-20-7-3-4-8-20;1-19-16-26-24-13-12-21-10-6-7-11-23(21)29(24)31-28(26)18-25(19)27-17-22(14-15-30(27)2)20-8-4-3-5-9-20;1-18-15-25-23-12-11-20-9-5-6-10-22(20)28(23)30-27(25)17-24(18)26-16-21(13-14-29(26)2)19-7-3-4-8-19;1-17(2)13-19-11-12-28(4)25(15-19)23-16-26-24(14-18(23)3)22-10-9-20-7-5-6-8-21(20)27(22)29-26/h5-6,9-15,17-18,20H,3-4,7-8,16H2,1-2H3;6-7,10-18,20H,3-5,8-9H2,1-2H3;5-6,9-17,19H,3-4,7-8H2,1-2H3;5-12,14-17H,13H2,1-4H3/q4*+1/i16D2;20D;19D;13D2. The number of aromatic nitrogens is 4. The van der Waals surface area contributed by atoms with Gasteiger partial charge in [0.25, 0.3) is 0 Å². The van der Waals surface area contributed by atoms with Gasteiger partial charge in [0.15, 0.2) is 24.8 Å². The van der Waals surface area contributed by atoms with Crippen molar-refractivity contribution in [3.8, 4) is 45.0 Å². The lowest BCUT2D eigenvalue weighted by atomic mass is 9.84. The Balaban J connectivity index is 0.000000107. The van der Waals surface area contributed by atoms with Gasteiger partial charge in [0.05, 0.1) is 22.3 Å². The molecule has 3 aliphatic rings. The van der Waals surface area contributed by atoms with Gasteiger partial charge in [-0.3, -0.25) is 0 Å². The highest BCUT2D eigenvalue weighted by atomic mass is 16.3. The third-order valence-electron chi connectivity index (χ3n) is 26.2. The van der Waals surface area contributed by atoms with Crippen LogP contribution in [-0.4, -0.2) is 0 Å². The minimum Gasteiger partial charge on any atom is -0.455 e. The van der Waals surface area contributed by atoms with Crippen LogP contribution in [0.1, 0.15) is 162 Å². The molecule has 23 rings (SSSR count). The number of aryl methyl sites for hydroxylation is 8. The van der Waals surface area contributed by atoms with Crippen molar-refractivity contribution in [3.63, 3.8) is 0 Å². The molecule has 12 aromatic carbocycles. The van der Waals surface area contributed by atoms with E-state index in [4.69, 9.17) is 25.9 Å². The number of hydrogen-bond acceptors (Lipinski definition) is 4. The summed E-state index contributed by atoms with van der Waals surface area (Å²) in [5, 5.41) is 18.4. The van der Waals surface area contributed by atoms with Gasteiger partial charge in [-0.1, -0.05) is 193 Å². The summed E-state index contributed by atoms with van der Waals surface area (Å²) >= 11 is 0. The molecule has 8 aromatic heterocycles. The van der Waals surface area contributed by atoms with Gasteiger partial charge in [0.2, 0.25) is 22.8 Å². The third-order valence-corrected chi connectivity index (χ3v) is 26.2. The van der Waals surface area contributed by atoms with Crippen molar-refractivity contribution in [1.29, 1.82) is 0 Å². The van der Waals surface area contributed by atoms with Crippen molar-refractivity contribution in [2.75, 3.05) is 0 Å². The number of benzene rings is 12. The molecule has 0 radical (unpaired) electrons. The largest absolute Gasteiger partial charge is 0.455 e. The molecule has 3 aliphatic carbocycles. The Morgan fingerprint density at radius 3 is 0.934 bits per heavy atom. The normalized spacial score (nSPS) is 15.8. The van der Waals surface area contributed by atoms with Crippen molar-refractivity contribution >= 4 is 131 Å². The van der Waals surface area contributed by atoms with E-state index in [0.717, 1.165) is 243 Å². The average Bonchev–Trinajstić information content (AvgIpc) is 1.61. The van der Waals surface area contributed by atoms with Gasteiger partial charge in [-0.05, 0) is 229 Å². The minimum atomic E-state index is -1.39. The van der Waals surface area contributed by atoms with E-state index in [1.165, 1.54) is 55.6 Å². The highest BCUT2D eigenvalue weighted by Crippen LogP contribution is 2.45.